The Morgan fingerprint density at radius 2 is 1.70 bits per heavy atom. The van der Waals surface area contributed by atoms with E-state index in [1.54, 1.807) is 36.9 Å². The zero-order valence-corrected chi connectivity index (χ0v) is 22.8. The summed E-state index contributed by atoms with van der Waals surface area (Å²) in [5, 5.41) is 4.02. The van der Waals surface area contributed by atoms with Crippen molar-refractivity contribution < 1.29 is 14.3 Å². The maximum atomic E-state index is 13.9. The van der Waals surface area contributed by atoms with Crippen LogP contribution in [0.5, 0.6) is 11.5 Å². The van der Waals surface area contributed by atoms with Gasteiger partial charge in [-0.2, -0.15) is 4.98 Å². The number of halogens is 2. The van der Waals surface area contributed by atoms with Crippen molar-refractivity contribution in [2.45, 2.75) is 19.9 Å². The molecule has 1 aromatic carbocycles. The van der Waals surface area contributed by atoms with E-state index >= 15 is 0 Å². The maximum Gasteiger partial charge on any atom is 0.260 e. The zero-order chi connectivity index (χ0) is 26.7. The minimum atomic E-state index is -0.284. The minimum absolute atomic E-state index is 0.0982. The van der Waals surface area contributed by atoms with Crippen LogP contribution >= 0.6 is 23.2 Å². The number of carbonyl (C=O) groups is 1. The van der Waals surface area contributed by atoms with E-state index in [2.05, 4.69) is 20.2 Å². The Kier molecular flexibility index (Phi) is 8.41. The highest BCUT2D eigenvalue weighted by Gasteiger charge is 2.24. The third-order valence-electron chi connectivity index (χ3n) is 6.57. The van der Waals surface area contributed by atoms with E-state index in [0.717, 1.165) is 19.6 Å². The fourth-order valence-corrected chi connectivity index (χ4v) is 5.23. The first-order chi connectivity index (χ1) is 17.8. The second-order valence-electron chi connectivity index (χ2n) is 8.72. The number of carbonyl (C=O) groups excluding carboxylic acids is 1. The summed E-state index contributed by atoms with van der Waals surface area (Å²) in [5.41, 5.74) is 0.860. The molecule has 0 radical (unpaired) electrons. The highest BCUT2D eigenvalue weighted by Crippen LogP contribution is 2.45. The van der Waals surface area contributed by atoms with Gasteiger partial charge in [0, 0.05) is 69.9 Å². The predicted molar refractivity (Wildman–Crippen MR) is 145 cm³/mol. The summed E-state index contributed by atoms with van der Waals surface area (Å²) in [6.45, 7) is 5.82. The van der Waals surface area contributed by atoms with Gasteiger partial charge in [0.2, 0.25) is 11.9 Å². The number of nitrogens with one attached hydrogen (secondary N) is 1. The normalized spacial score (nSPS) is 14.2. The molecule has 198 valence electrons. The Hall–Kier alpha value is -3.08. The van der Waals surface area contributed by atoms with Gasteiger partial charge in [-0.05, 0) is 19.0 Å². The number of rotatable bonds is 8. The number of nitrogens with zero attached hydrogens (tertiary/aromatic N) is 5. The number of piperazine rings is 1. The number of benzene rings is 1. The van der Waals surface area contributed by atoms with Gasteiger partial charge in [-0.3, -0.25) is 19.1 Å². The molecule has 0 saturated carbocycles. The summed E-state index contributed by atoms with van der Waals surface area (Å²) in [7, 11) is 4.70. The highest BCUT2D eigenvalue weighted by molar-refractivity contribution is 6.41. The molecular formula is C25H30Cl2N6O4. The average molecular weight is 549 g/mol. The lowest BCUT2D eigenvalue weighted by atomic mass is 10.0. The number of methoxy groups -OCH3 is 2. The number of pyridine rings is 1. The standard InChI is InChI=1S/C25H30Cl2N6O4/c1-15(34)32-10-8-31(9-11-32)6-5-7-33-23-16(14-29-25(28-2)30-23)12-17(24(33)35)20-21(26)18(36-3)13-19(37-4)22(20)27/h12-14H,5-11H2,1-4H3,(H,28,29,30). The highest BCUT2D eigenvalue weighted by atomic mass is 35.5. The fraction of sp³-hybridized carbons (Fsp3) is 0.440. The number of amides is 1. The fourth-order valence-electron chi connectivity index (χ4n) is 4.53. The third kappa shape index (κ3) is 5.46. The second-order valence-corrected chi connectivity index (χ2v) is 9.48. The molecule has 0 atom stereocenters. The number of anilines is 1. The van der Waals surface area contributed by atoms with Crippen molar-refractivity contribution in [3.05, 3.63) is 38.7 Å². The molecule has 0 aliphatic carbocycles. The third-order valence-corrected chi connectivity index (χ3v) is 7.32. The van der Waals surface area contributed by atoms with Crippen LogP contribution in [0.3, 0.4) is 0 Å². The van der Waals surface area contributed by atoms with Gasteiger partial charge in [-0.25, -0.2) is 4.98 Å². The molecule has 3 aromatic rings. The molecule has 1 aliphatic rings. The van der Waals surface area contributed by atoms with Gasteiger partial charge in [-0.15, -0.1) is 0 Å². The van der Waals surface area contributed by atoms with Crippen LogP contribution < -0.4 is 20.3 Å². The maximum absolute atomic E-state index is 13.9. The van der Waals surface area contributed by atoms with Crippen LogP contribution in [0.1, 0.15) is 13.3 Å². The lowest BCUT2D eigenvalue weighted by Crippen LogP contribution is -2.48. The molecular weight excluding hydrogens is 519 g/mol. The van der Waals surface area contributed by atoms with Gasteiger partial charge in [0.15, 0.2) is 0 Å². The first kappa shape index (κ1) is 27.0. The molecule has 0 bridgehead atoms. The van der Waals surface area contributed by atoms with Gasteiger partial charge in [0.05, 0.1) is 29.8 Å². The van der Waals surface area contributed by atoms with Gasteiger partial charge in [-0.1, -0.05) is 23.2 Å². The van der Waals surface area contributed by atoms with Crippen molar-refractivity contribution in [3.63, 3.8) is 0 Å². The molecule has 1 saturated heterocycles. The molecule has 0 unspecified atom stereocenters. The van der Waals surface area contributed by atoms with E-state index in [4.69, 9.17) is 32.7 Å². The summed E-state index contributed by atoms with van der Waals surface area (Å²) in [6.07, 6.45) is 2.37. The van der Waals surface area contributed by atoms with E-state index < -0.39 is 0 Å². The van der Waals surface area contributed by atoms with Crippen LogP contribution in [0.15, 0.2) is 23.1 Å². The quantitative estimate of drug-likeness (QED) is 0.457. The van der Waals surface area contributed by atoms with Crippen LogP contribution in [0.4, 0.5) is 5.95 Å². The summed E-state index contributed by atoms with van der Waals surface area (Å²) in [5.74, 6) is 1.19. The number of ether oxygens (including phenoxy) is 2. The molecule has 1 fully saturated rings. The van der Waals surface area contributed by atoms with Crippen molar-refractivity contribution in [2.24, 2.45) is 0 Å². The van der Waals surface area contributed by atoms with Crippen LogP contribution in [-0.4, -0.2) is 84.2 Å². The number of fused-ring (bicyclic) bond motifs is 1. The van der Waals surface area contributed by atoms with Crippen LogP contribution in [0, 0.1) is 0 Å². The Morgan fingerprint density at radius 3 is 2.27 bits per heavy atom. The molecule has 37 heavy (non-hydrogen) atoms. The second kappa shape index (κ2) is 11.5. The van der Waals surface area contributed by atoms with Crippen molar-refractivity contribution in [3.8, 4) is 22.6 Å². The first-order valence-corrected chi connectivity index (χ1v) is 12.7. The van der Waals surface area contributed by atoms with Gasteiger partial charge < -0.3 is 19.7 Å². The molecule has 3 heterocycles. The largest absolute Gasteiger partial charge is 0.495 e. The SMILES string of the molecule is CNc1ncc2cc(-c3c(Cl)c(OC)cc(OC)c3Cl)c(=O)n(CCCN3CCN(C(C)=O)CC3)c2n1. The Bertz CT molecular complexity index is 1340. The van der Waals surface area contributed by atoms with E-state index in [9.17, 15) is 9.59 Å². The zero-order valence-electron chi connectivity index (χ0n) is 21.3. The molecule has 1 aliphatic heterocycles. The Morgan fingerprint density at radius 1 is 1.05 bits per heavy atom. The van der Waals surface area contributed by atoms with E-state index in [-0.39, 0.29) is 21.5 Å². The number of hydrogen-bond donors (Lipinski definition) is 1. The lowest BCUT2D eigenvalue weighted by molar-refractivity contribution is -0.130. The predicted octanol–water partition coefficient (Wildman–Crippen LogP) is 3.38. The van der Waals surface area contributed by atoms with E-state index in [1.165, 1.54) is 14.2 Å². The monoisotopic (exact) mass is 548 g/mol. The Labute approximate surface area is 225 Å². The molecule has 1 amide bonds. The topological polar surface area (TPSA) is 102 Å². The smallest absolute Gasteiger partial charge is 0.260 e. The summed E-state index contributed by atoms with van der Waals surface area (Å²) >= 11 is 13.3. The van der Waals surface area contributed by atoms with Crippen molar-refractivity contribution in [2.75, 3.05) is 59.3 Å². The van der Waals surface area contributed by atoms with E-state index in [1.807, 2.05) is 4.90 Å². The summed E-state index contributed by atoms with van der Waals surface area (Å²) < 4.78 is 12.4. The molecule has 2 aromatic heterocycles. The molecule has 0 spiro atoms. The number of aromatic nitrogens is 3. The number of aryl methyl sites for hydroxylation is 1. The van der Waals surface area contributed by atoms with Crippen LogP contribution in [0.25, 0.3) is 22.2 Å². The van der Waals surface area contributed by atoms with Crippen molar-refractivity contribution in [1.82, 2.24) is 24.3 Å². The van der Waals surface area contributed by atoms with Gasteiger partial charge in [0.25, 0.3) is 5.56 Å². The lowest BCUT2D eigenvalue weighted by Gasteiger charge is -2.34. The molecule has 12 heteroatoms. The van der Waals surface area contributed by atoms with Gasteiger partial charge >= 0.3 is 0 Å². The molecule has 4 rings (SSSR count). The van der Waals surface area contributed by atoms with Gasteiger partial charge in [0.1, 0.15) is 17.1 Å². The first-order valence-electron chi connectivity index (χ1n) is 12.0. The average Bonchev–Trinajstić information content (AvgIpc) is 2.90. The van der Waals surface area contributed by atoms with E-state index in [0.29, 0.717) is 65.7 Å². The summed E-state index contributed by atoms with van der Waals surface area (Å²) in [4.78, 5) is 38.6. The van der Waals surface area contributed by atoms with Crippen molar-refractivity contribution in [1.29, 1.82) is 0 Å². The molecule has 1 N–H and O–H groups in total. The molecule has 10 nitrogen and oxygen atoms in total. The Balaban J connectivity index is 1.74. The van der Waals surface area contributed by atoms with Crippen LogP contribution in [-0.2, 0) is 11.3 Å². The number of hydrogen-bond acceptors (Lipinski definition) is 8. The van der Waals surface area contributed by atoms with Crippen molar-refractivity contribution >= 4 is 46.1 Å². The minimum Gasteiger partial charge on any atom is -0.495 e. The summed E-state index contributed by atoms with van der Waals surface area (Å²) in [6, 6.07) is 3.28. The van der Waals surface area contributed by atoms with Crippen LogP contribution in [0.2, 0.25) is 10.0 Å².